The molecule has 0 radical (unpaired) electrons. The van der Waals surface area contributed by atoms with Gasteiger partial charge in [0, 0.05) is 6.54 Å². The van der Waals surface area contributed by atoms with Gasteiger partial charge in [0.15, 0.2) is 5.75 Å². The van der Waals surface area contributed by atoms with Crippen LogP contribution in [0.5, 0.6) is 5.75 Å². The topological polar surface area (TPSA) is 39.1 Å². The van der Waals surface area contributed by atoms with Crippen molar-refractivity contribution in [3.8, 4) is 5.75 Å². The molecule has 1 aromatic heterocycles. The van der Waals surface area contributed by atoms with Crippen molar-refractivity contribution in [2.75, 3.05) is 13.7 Å². The van der Waals surface area contributed by atoms with Crippen molar-refractivity contribution in [3.63, 3.8) is 0 Å². The van der Waals surface area contributed by atoms with E-state index in [4.69, 9.17) is 4.74 Å². The smallest absolute Gasteiger partial charge is 0.161 e. The fraction of sp³-hybridized carbons (Fsp3) is 0.812. The second-order valence-electron chi connectivity index (χ2n) is 6.12. The molecule has 0 saturated heterocycles. The molecular weight excluding hydrogens is 250 g/mol. The summed E-state index contributed by atoms with van der Waals surface area (Å²) in [5.41, 5.74) is 1.52. The van der Waals surface area contributed by atoms with E-state index in [1.807, 2.05) is 6.20 Å². The normalized spacial score (nSPS) is 19.8. The van der Waals surface area contributed by atoms with Crippen molar-refractivity contribution in [3.05, 3.63) is 11.9 Å². The molecule has 1 N–H and O–H groups in total. The lowest BCUT2D eigenvalue weighted by atomic mass is 9.69. The van der Waals surface area contributed by atoms with E-state index < -0.39 is 0 Å². The molecule has 2 rings (SSSR count). The first kappa shape index (κ1) is 15.4. The monoisotopic (exact) mass is 279 g/mol. The zero-order chi connectivity index (χ0) is 14.6. The summed E-state index contributed by atoms with van der Waals surface area (Å²) in [5.74, 6) is 0.921. The number of aromatic nitrogens is 2. The zero-order valence-corrected chi connectivity index (χ0v) is 13.4. The van der Waals surface area contributed by atoms with E-state index in [1.165, 1.54) is 37.8 Å². The Balaban J connectivity index is 2.39. The molecular formula is C16H29N3O. The van der Waals surface area contributed by atoms with Crippen LogP contribution in [-0.2, 0) is 6.54 Å². The van der Waals surface area contributed by atoms with Gasteiger partial charge in [-0.15, -0.1) is 0 Å². The predicted octanol–water partition coefficient (Wildman–Crippen LogP) is 3.53. The summed E-state index contributed by atoms with van der Waals surface area (Å²) in [4.78, 5) is 0. The van der Waals surface area contributed by atoms with Gasteiger partial charge in [-0.1, -0.05) is 33.1 Å². The first-order chi connectivity index (χ1) is 9.66. The van der Waals surface area contributed by atoms with Gasteiger partial charge in [0.05, 0.1) is 25.0 Å². The molecule has 0 aliphatic heterocycles. The first-order valence-corrected chi connectivity index (χ1v) is 7.99. The van der Waals surface area contributed by atoms with Crippen molar-refractivity contribution in [1.82, 2.24) is 15.1 Å². The maximum Gasteiger partial charge on any atom is 0.161 e. The second-order valence-corrected chi connectivity index (χ2v) is 6.12. The lowest BCUT2D eigenvalue weighted by Gasteiger charge is -2.41. The summed E-state index contributed by atoms with van der Waals surface area (Å²) in [5, 5.41) is 8.19. The Bertz CT molecular complexity index is 400. The van der Waals surface area contributed by atoms with Crippen molar-refractivity contribution in [2.24, 2.45) is 5.41 Å². The molecule has 0 spiro atoms. The number of hydrogen-bond acceptors (Lipinski definition) is 3. The highest BCUT2D eigenvalue weighted by molar-refractivity contribution is 5.30. The van der Waals surface area contributed by atoms with E-state index in [1.54, 1.807) is 7.11 Å². The average molecular weight is 279 g/mol. The van der Waals surface area contributed by atoms with E-state index in [2.05, 4.69) is 35.9 Å². The molecule has 1 aliphatic rings. The summed E-state index contributed by atoms with van der Waals surface area (Å²) >= 11 is 0. The molecule has 114 valence electrons. The molecule has 0 aromatic carbocycles. The number of nitrogens with one attached hydrogen (secondary N) is 1. The van der Waals surface area contributed by atoms with E-state index >= 15 is 0 Å². The lowest BCUT2D eigenvalue weighted by Crippen LogP contribution is -2.39. The highest BCUT2D eigenvalue weighted by Crippen LogP contribution is 2.47. The number of aryl methyl sites for hydroxylation is 1. The van der Waals surface area contributed by atoms with Gasteiger partial charge < -0.3 is 10.1 Å². The first-order valence-electron chi connectivity index (χ1n) is 7.99. The van der Waals surface area contributed by atoms with Crippen LogP contribution < -0.4 is 10.1 Å². The van der Waals surface area contributed by atoms with Gasteiger partial charge in [-0.05, 0) is 31.7 Å². The Labute approximate surface area is 122 Å². The predicted molar refractivity (Wildman–Crippen MR) is 82.1 cm³/mol. The number of methoxy groups -OCH3 is 1. The Morgan fingerprint density at radius 1 is 1.35 bits per heavy atom. The molecule has 0 bridgehead atoms. The van der Waals surface area contributed by atoms with Crippen molar-refractivity contribution >= 4 is 0 Å². The van der Waals surface area contributed by atoms with Gasteiger partial charge in [-0.2, -0.15) is 5.10 Å². The number of nitrogens with zero attached hydrogens (tertiary/aromatic N) is 2. The maximum absolute atomic E-state index is 5.57. The Kier molecular flexibility index (Phi) is 5.08. The van der Waals surface area contributed by atoms with Gasteiger partial charge in [-0.3, -0.25) is 4.68 Å². The SMILES string of the molecule is CCNC(c1c(OC)cnn1CC)C1(C)CCCCC1. The molecule has 4 nitrogen and oxygen atoms in total. The van der Waals surface area contributed by atoms with Crippen molar-refractivity contribution in [1.29, 1.82) is 0 Å². The van der Waals surface area contributed by atoms with Gasteiger partial charge in [0.25, 0.3) is 0 Å². The Morgan fingerprint density at radius 2 is 2.05 bits per heavy atom. The van der Waals surface area contributed by atoms with Gasteiger partial charge in [0.1, 0.15) is 0 Å². The minimum atomic E-state index is 0.300. The maximum atomic E-state index is 5.57. The summed E-state index contributed by atoms with van der Waals surface area (Å²) in [7, 11) is 1.74. The number of hydrogen-bond donors (Lipinski definition) is 1. The highest BCUT2D eigenvalue weighted by atomic mass is 16.5. The van der Waals surface area contributed by atoms with E-state index in [0.717, 1.165) is 18.8 Å². The molecule has 1 atom stereocenters. The van der Waals surface area contributed by atoms with E-state index in [0.29, 0.717) is 11.5 Å². The van der Waals surface area contributed by atoms with Gasteiger partial charge >= 0.3 is 0 Å². The van der Waals surface area contributed by atoms with Crippen molar-refractivity contribution < 1.29 is 4.74 Å². The van der Waals surface area contributed by atoms with Gasteiger partial charge in [0.2, 0.25) is 0 Å². The van der Waals surface area contributed by atoms with Crippen LogP contribution in [0.15, 0.2) is 6.20 Å². The summed E-state index contributed by atoms with van der Waals surface area (Å²) in [6.45, 7) is 8.60. The molecule has 0 amide bonds. The van der Waals surface area contributed by atoms with Gasteiger partial charge in [-0.25, -0.2) is 0 Å². The van der Waals surface area contributed by atoms with Crippen LogP contribution >= 0.6 is 0 Å². The van der Waals surface area contributed by atoms with E-state index in [9.17, 15) is 0 Å². The van der Waals surface area contributed by atoms with Crippen LogP contribution in [0.3, 0.4) is 0 Å². The highest BCUT2D eigenvalue weighted by Gasteiger charge is 2.39. The largest absolute Gasteiger partial charge is 0.493 e. The molecule has 1 aromatic rings. The molecule has 1 fully saturated rings. The minimum Gasteiger partial charge on any atom is -0.493 e. The molecule has 1 saturated carbocycles. The van der Waals surface area contributed by atoms with Crippen LogP contribution in [0, 0.1) is 5.41 Å². The number of ether oxygens (including phenoxy) is 1. The minimum absolute atomic E-state index is 0.300. The third kappa shape index (κ3) is 2.85. The van der Waals surface area contributed by atoms with Crippen LogP contribution in [0.4, 0.5) is 0 Å². The second kappa shape index (κ2) is 6.61. The average Bonchev–Trinajstić information content (AvgIpc) is 2.87. The van der Waals surface area contributed by atoms with E-state index in [-0.39, 0.29) is 0 Å². The molecule has 1 aliphatic carbocycles. The quantitative estimate of drug-likeness (QED) is 0.866. The lowest BCUT2D eigenvalue weighted by molar-refractivity contribution is 0.137. The van der Waals surface area contributed by atoms with Crippen LogP contribution in [0.2, 0.25) is 0 Å². The molecule has 1 unspecified atom stereocenters. The van der Waals surface area contributed by atoms with Crippen LogP contribution in [0.25, 0.3) is 0 Å². The Hall–Kier alpha value is -1.03. The summed E-state index contributed by atoms with van der Waals surface area (Å²) in [6, 6.07) is 0.324. The third-order valence-corrected chi connectivity index (χ3v) is 4.74. The fourth-order valence-corrected chi connectivity index (χ4v) is 3.60. The molecule has 20 heavy (non-hydrogen) atoms. The Morgan fingerprint density at radius 3 is 2.60 bits per heavy atom. The van der Waals surface area contributed by atoms with Crippen molar-refractivity contribution in [2.45, 2.75) is 65.5 Å². The summed E-state index contributed by atoms with van der Waals surface area (Å²) < 4.78 is 7.66. The standard InChI is InChI=1S/C16H29N3O/c1-5-17-15(16(3)10-8-7-9-11-16)14-13(20-4)12-18-19(14)6-2/h12,15,17H,5-11H2,1-4H3. The molecule has 1 heterocycles. The fourth-order valence-electron chi connectivity index (χ4n) is 3.60. The van der Waals surface area contributed by atoms with Crippen LogP contribution in [0.1, 0.15) is 64.6 Å². The zero-order valence-electron chi connectivity index (χ0n) is 13.4. The van der Waals surface area contributed by atoms with Crippen LogP contribution in [-0.4, -0.2) is 23.4 Å². The third-order valence-electron chi connectivity index (χ3n) is 4.74. The number of rotatable bonds is 6. The summed E-state index contributed by atoms with van der Waals surface area (Å²) in [6.07, 6.45) is 8.46. The molecule has 4 heteroatoms.